The number of nitrogens with one attached hydrogen (secondary N) is 1. The fraction of sp³-hybridized carbons (Fsp3) is 0. The van der Waals surface area contributed by atoms with Gasteiger partial charge in [0.1, 0.15) is 0 Å². The Morgan fingerprint density at radius 1 is 1.58 bits per heavy atom. The average molecular weight is 189 g/mol. The Labute approximate surface area is 72.8 Å². The van der Waals surface area contributed by atoms with Crippen LogP contribution in [0.5, 0.6) is 0 Å². The predicted octanol–water partition coefficient (Wildman–Crippen LogP) is 1.69. The largest absolute Gasteiger partial charge is 0.301 e. The third-order valence-corrected chi connectivity index (χ3v) is 1.51. The minimum Gasteiger partial charge on any atom is -0.301 e. The molecule has 0 aliphatic heterocycles. The molecule has 2 aliphatic carbocycles. The Morgan fingerprint density at radius 3 is 2.25 bits per heavy atom. The Balaban J connectivity index is 0.000000213. The van der Waals surface area contributed by atoms with Gasteiger partial charge < -0.3 is 5.21 Å². The monoisotopic (exact) mass is 188 g/mol. The number of nitrogens with zero attached hydrogens (tertiary/aromatic N) is 1. The van der Waals surface area contributed by atoms with E-state index >= 15 is 0 Å². The van der Waals surface area contributed by atoms with Gasteiger partial charge in [-0.2, -0.15) is 0 Å². The maximum atomic E-state index is 10.0. The van der Waals surface area contributed by atoms with Crippen LogP contribution < -0.4 is 5.00 Å². The van der Waals surface area contributed by atoms with Crippen molar-refractivity contribution >= 4 is 17.5 Å². The molecule has 2 rings (SSSR count). The smallest absolute Gasteiger partial charge is 0.277 e. The SMILES string of the molecule is O=[N+]([O-])c1cc2ccc1-2.ONCl. The van der Waals surface area contributed by atoms with Crippen molar-refractivity contribution in [1.29, 1.82) is 0 Å². The van der Waals surface area contributed by atoms with Crippen molar-refractivity contribution in [3.05, 3.63) is 28.3 Å². The summed E-state index contributed by atoms with van der Waals surface area (Å²) in [6.07, 6.45) is 0. The van der Waals surface area contributed by atoms with Crippen LogP contribution in [0.15, 0.2) is 18.2 Å². The van der Waals surface area contributed by atoms with Crippen molar-refractivity contribution in [2.75, 3.05) is 0 Å². The van der Waals surface area contributed by atoms with Crippen LogP contribution in [0.4, 0.5) is 5.69 Å². The molecule has 0 aromatic carbocycles. The first-order valence-electron chi connectivity index (χ1n) is 2.99. The van der Waals surface area contributed by atoms with Crippen LogP contribution in [-0.2, 0) is 0 Å². The molecule has 0 atom stereocenters. The normalized spacial score (nSPS) is 9.83. The Kier molecular flexibility index (Phi) is 2.59. The van der Waals surface area contributed by atoms with E-state index in [0.29, 0.717) is 0 Å². The van der Waals surface area contributed by atoms with Gasteiger partial charge in [0, 0.05) is 17.8 Å². The zero-order chi connectivity index (χ0) is 9.14. The van der Waals surface area contributed by atoms with Gasteiger partial charge in [0.25, 0.3) is 5.69 Å². The second kappa shape index (κ2) is 3.48. The highest BCUT2D eigenvalue weighted by Crippen LogP contribution is 2.41. The van der Waals surface area contributed by atoms with Crippen LogP contribution in [0.3, 0.4) is 0 Å². The number of nitro groups is 1. The number of rotatable bonds is 1. The fourth-order valence-electron chi connectivity index (χ4n) is 0.920. The molecule has 0 fully saturated rings. The maximum absolute atomic E-state index is 10.0. The van der Waals surface area contributed by atoms with Gasteiger partial charge >= 0.3 is 0 Å². The summed E-state index contributed by atoms with van der Waals surface area (Å²) in [5, 5.41) is 17.1. The van der Waals surface area contributed by atoms with Gasteiger partial charge in [-0.25, -0.2) is 0 Å². The van der Waals surface area contributed by atoms with Crippen molar-refractivity contribution in [1.82, 2.24) is 5.00 Å². The average Bonchev–Trinajstić information content (AvgIpc) is 1.96. The summed E-state index contributed by atoms with van der Waals surface area (Å²) < 4.78 is 0. The van der Waals surface area contributed by atoms with Gasteiger partial charge in [-0.05, 0) is 11.6 Å². The maximum Gasteiger partial charge on any atom is 0.277 e. The van der Waals surface area contributed by atoms with Gasteiger partial charge in [-0.15, -0.1) is 5.00 Å². The molecule has 0 amide bonds. The van der Waals surface area contributed by atoms with E-state index in [9.17, 15) is 10.1 Å². The van der Waals surface area contributed by atoms with E-state index in [4.69, 9.17) is 5.21 Å². The second-order valence-corrected chi connectivity index (χ2v) is 2.24. The first kappa shape index (κ1) is 8.92. The number of fused-ring (bicyclic) bond motifs is 1. The topological polar surface area (TPSA) is 75.4 Å². The van der Waals surface area contributed by atoms with Crippen molar-refractivity contribution in [2.24, 2.45) is 0 Å². The van der Waals surface area contributed by atoms with E-state index in [0.717, 1.165) is 11.1 Å². The quantitative estimate of drug-likeness (QED) is 0.406. The first-order chi connectivity index (χ1) is 5.70. The van der Waals surface area contributed by atoms with E-state index in [2.05, 4.69) is 11.8 Å². The number of halogens is 1. The highest BCUT2D eigenvalue weighted by atomic mass is 35.5. The van der Waals surface area contributed by atoms with E-state index in [1.165, 1.54) is 5.00 Å². The highest BCUT2D eigenvalue weighted by molar-refractivity contribution is 6.12. The predicted molar refractivity (Wildman–Crippen MR) is 42.9 cm³/mol. The molecule has 0 saturated carbocycles. The Bertz CT molecular complexity index is 316. The molecule has 0 spiro atoms. The van der Waals surface area contributed by atoms with Gasteiger partial charge in [0.2, 0.25) is 0 Å². The first-order valence-corrected chi connectivity index (χ1v) is 3.37. The fourth-order valence-corrected chi connectivity index (χ4v) is 0.920. The number of hydrogen-bond acceptors (Lipinski definition) is 4. The molecule has 6 heteroatoms. The minimum absolute atomic E-state index is 0.257. The summed E-state index contributed by atoms with van der Waals surface area (Å²) in [5.74, 6) is 0. The standard InChI is InChI=1S/C6H3NO2.ClH2NO/c8-7(9)6-3-4-1-2-5(4)6;1-2-3/h1-3H;2-3H. The summed E-state index contributed by atoms with van der Waals surface area (Å²) in [5.41, 5.74) is 2.08. The van der Waals surface area contributed by atoms with E-state index in [1.54, 1.807) is 12.1 Å². The summed E-state index contributed by atoms with van der Waals surface area (Å²) in [6.45, 7) is 0. The lowest BCUT2D eigenvalue weighted by molar-refractivity contribution is -0.385. The molecule has 0 heterocycles. The zero-order valence-electron chi connectivity index (χ0n) is 5.82. The summed E-state index contributed by atoms with van der Waals surface area (Å²) in [7, 11) is 0. The van der Waals surface area contributed by atoms with E-state index in [1.807, 2.05) is 6.07 Å². The van der Waals surface area contributed by atoms with Crippen LogP contribution in [0.1, 0.15) is 0 Å². The van der Waals surface area contributed by atoms with Crippen molar-refractivity contribution in [3.63, 3.8) is 0 Å². The molecule has 0 saturated heterocycles. The van der Waals surface area contributed by atoms with Gasteiger partial charge in [0.05, 0.1) is 10.5 Å². The molecule has 64 valence electrons. The molecule has 0 unspecified atom stereocenters. The number of nitro benzene ring substituents is 1. The van der Waals surface area contributed by atoms with Crippen molar-refractivity contribution in [3.8, 4) is 11.1 Å². The molecule has 2 aliphatic rings. The van der Waals surface area contributed by atoms with Gasteiger partial charge in [-0.1, -0.05) is 6.07 Å². The third kappa shape index (κ3) is 1.38. The lowest BCUT2D eigenvalue weighted by Crippen LogP contribution is -1.99. The Hall–Kier alpha value is -1.17. The van der Waals surface area contributed by atoms with Gasteiger partial charge in [-0.3, -0.25) is 10.1 Å². The summed E-state index contributed by atoms with van der Waals surface area (Å²) in [6, 6.07) is 5.20. The molecule has 0 bridgehead atoms. The van der Waals surface area contributed by atoms with Crippen LogP contribution in [0.2, 0.25) is 0 Å². The van der Waals surface area contributed by atoms with Gasteiger partial charge in [0.15, 0.2) is 0 Å². The molecule has 0 aromatic rings. The molecular formula is C6H5ClN2O3. The zero-order valence-corrected chi connectivity index (χ0v) is 6.58. The minimum atomic E-state index is -0.359. The lowest BCUT2D eigenvalue weighted by atomic mass is 9.91. The van der Waals surface area contributed by atoms with E-state index < -0.39 is 0 Å². The second-order valence-electron chi connectivity index (χ2n) is 2.07. The van der Waals surface area contributed by atoms with Crippen LogP contribution in [0, 0.1) is 10.1 Å². The third-order valence-electron chi connectivity index (χ3n) is 1.51. The number of hydrogen-bond donors (Lipinski definition) is 2. The molecular weight excluding hydrogens is 184 g/mol. The lowest BCUT2D eigenvalue weighted by Gasteiger charge is -2.12. The molecule has 0 aromatic heterocycles. The summed E-state index contributed by atoms with van der Waals surface area (Å²) >= 11 is 4.30. The van der Waals surface area contributed by atoms with Crippen molar-refractivity contribution in [2.45, 2.75) is 0 Å². The molecule has 12 heavy (non-hydrogen) atoms. The van der Waals surface area contributed by atoms with Crippen molar-refractivity contribution < 1.29 is 10.1 Å². The molecule has 0 radical (unpaired) electrons. The van der Waals surface area contributed by atoms with Crippen LogP contribution in [0.25, 0.3) is 11.1 Å². The summed E-state index contributed by atoms with van der Waals surface area (Å²) in [4.78, 5) is 10.9. The molecule has 2 N–H and O–H groups in total. The van der Waals surface area contributed by atoms with E-state index in [-0.39, 0.29) is 10.6 Å². The Morgan fingerprint density at radius 2 is 2.17 bits per heavy atom. The van der Waals surface area contributed by atoms with Crippen LogP contribution in [-0.4, -0.2) is 10.1 Å². The highest BCUT2D eigenvalue weighted by Gasteiger charge is 2.25. The number of benzene rings is 1. The molecule has 5 nitrogen and oxygen atoms in total. The van der Waals surface area contributed by atoms with Crippen LogP contribution >= 0.6 is 11.8 Å².